The molecule has 0 saturated heterocycles. The van der Waals surface area contributed by atoms with Crippen LogP contribution in [-0.2, 0) is 26.2 Å². The number of sulfonamides is 1. The lowest BCUT2D eigenvalue weighted by Crippen LogP contribution is -2.54. The summed E-state index contributed by atoms with van der Waals surface area (Å²) in [5, 5.41) is 3.52. The summed E-state index contributed by atoms with van der Waals surface area (Å²) in [6.07, 6.45) is 1.89. The van der Waals surface area contributed by atoms with Gasteiger partial charge in [0, 0.05) is 32.6 Å². The molecule has 1 N–H and O–H groups in total. The first-order chi connectivity index (χ1) is 20.2. The van der Waals surface area contributed by atoms with Gasteiger partial charge in [0.15, 0.2) is 0 Å². The van der Waals surface area contributed by atoms with Gasteiger partial charge in [-0.05, 0) is 89.4 Å². The van der Waals surface area contributed by atoms with Crippen LogP contribution in [0.2, 0.25) is 10.0 Å². The third-order valence-corrected chi connectivity index (χ3v) is 9.64. The lowest BCUT2D eigenvalue weighted by atomic mass is 10.1. The third-order valence-electron chi connectivity index (χ3n) is 6.42. The van der Waals surface area contributed by atoms with E-state index in [0.29, 0.717) is 21.4 Å². The molecule has 0 fully saturated rings. The van der Waals surface area contributed by atoms with E-state index >= 15 is 0 Å². The van der Waals surface area contributed by atoms with E-state index in [9.17, 15) is 18.0 Å². The molecule has 8 nitrogen and oxygen atoms in total. The molecule has 1 unspecified atom stereocenters. The molecular weight excluding hydrogens is 629 g/mol. The number of anilines is 1. The summed E-state index contributed by atoms with van der Waals surface area (Å²) >= 11 is 14.4. The lowest BCUT2D eigenvalue weighted by Gasteiger charge is -2.34. The van der Waals surface area contributed by atoms with Crippen LogP contribution >= 0.6 is 35.0 Å². The van der Waals surface area contributed by atoms with Gasteiger partial charge in [0.2, 0.25) is 11.8 Å². The number of thioether (sulfide) groups is 1. The number of amides is 2. The second kappa shape index (κ2) is 14.7. The maximum atomic E-state index is 14.2. The molecule has 43 heavy (non-hydrogen) atoms. The van der Waals surface area contributed by atoms with E-state index in [0.717, 1.165) is 9.20 Å². The van der Waals surface area contributed by atoms with Gasteiger partial charge in [0.05, 0.1) is 17.2 Å². The predicted octanol–water partition coefficient (Wildman–Crippen LogP) is 6.64. The normalized spacial score (nSPS) is 12.4. The summed E-state index contributed by atoms with van der Waals surface area (Å²) < 4.78 is 35.1. The number of rotatable bonds is 12. The van der Waals surface area contributed by atoms with Crippen LogP contribution in [0.15, 0.2) is 76.5 Å². The molecule has 0 radical (unpaired) electrons. The highest BCUT2D eigenvalue weighted by molar-refractivity contribution is 7.98. The van der Waals surface area contributed by atoms with Crippen LogP contribution in [0.5, 0.6) is 5.75 Å². The largest absolute Gasteiger partial charge is 0.492 e. The molecule has 0 aliphatic carbocycles. The van der Waals surface area contributed by atoms with Gasteiger partial charge in [-0.2, -0.15) is 0 Å². The van der Waals surface area contributed by atoms with Crippen LogP contribution in [0.3, 0.4) is 0 Å². The molecule has 1 atom stereocenters. The fraction of sp³-hybridized carbons (Fsp3) is 0.355. The molecular formula is C31H37Cl2N3O5S2. The van der Waals surface area contributed by atoms with Gasteiger partial charge in [-0.1, -0.05) is 41.4 Å². The van der Waals surface area contributed by atoms with E-state index in [1.54, 1.807) is 68.4 Å². The lowest BCUT2D eigenvalue weighted by molar-refractivity contribution is -0.140. The summed E-state index contributed by atoms with van der Waals surface area (Å²) in [5.41, 5.74) is 0.0529. The van der Waals surface area contributed by atoms with Crippen LogP contribution < -0.4 is 14.4 Å². The number of ether oxygens (including phenoxy) is 1. The molecule has 3 aromatic rings. The van der Waals surface area contributed by atoms with Gasteiger partial charge < -0.3 is 15.0 Å². The van der Waals surface area contributed by atoms with Gasteiger partial charge in [0.25, 0.3) is 10.0 Å². The number of halogens is 2. The van der Waals surface area contributed by atoms with Crippen molar-refractivity contribution < 1.29 is 22.7 Å². The van der Waals surface area contributed by atoms with E-state index in [-0.39, 0.29) is 23.7 Å². The van der Waals surface area contributed by atoms with E-state index in [1.165, 1.54) is 28.8 Å². The summed E-state index contributed by atoms with van der Waals surface area (Å²) in [6, 6.07) is 17.0. The number of para-hydroxylation sites is 2. The fourth-order valence-corrected chi connectivity index (χ4v) is 6.59. The smallest absolute Gasteiger partial charge is 0.264 e. The average Bonchev–Trinajstić information content (AvgIpc) is 2.95. The van der Waals surface area contributed by atoms with E-state index < -0.39 is 40.0 Å². The molecule has 232 valence electrons. The SMILES string of the molecule is CCOc1ccccc1N(CC(=O)N(Cc1c(Cl)cccc1Cl)C(C)C(=O)NC(C)(C)C)S(=O)(=O)c1ccc(SC)cc1. The fourth-order valence-electron chi connectivity index (χ4n) is 4.24. The summed E-state index contributed by atoms with van der Waals surface area (Å²) in [6.45, 7) is 8.39. The van der Waals surface area contributed by atoms with Crippen molar-refractivity contribution in [2.24, 2.45) is 0 Å². The van der Waals surface area contributed by atoms with Crippen LogP contribution in [0.25, 0.3) is 0 Å². The van der Waals surface area contributed by atoms with Crippen molar-refractivity contribution in [3.05, 3.63) is 82.3 Å². The molecule has 0 bridgehead atoms. The van der Waals surface area contributed by atoms with E-state index in [4.69, 9.17) is 27.9 Å². The minimum absolute atomic E-state index is 0.00336. The first-order valence-corrected chi connectivity index (χ1v) is 17.0. The Bertz CT molecular complexity index is 1520. The zero-order valence-electron chi connectivity index (χ0n) is 25.1. The van der Waals surface area contributed by atoms with Crippen molar-refractivity contribution >= 4 is 62.5 Å². The standard InChI is InChI=1S/C31H37Cl2N3O5S2/c1-7-41-28-14-9-8-13-27(28)36(43(39,40)23-17-15-22(42-6)16-18-23)20-29(37)35(21(2)30(38)34-31(3,4)5)19-24-25(32)11-10-12-26(24)33/h8-18,21H,7,19-20H2,1-6H3,(H,34,38). The van der Waals surface area contributed by atoms with Gasteiger partial charge in [-0.25, -0.2) is 8.42 Å². The van der Waals surface area contributed by atoms with Gasteiger partial charge in [-0.3, -0.25) is 13.9 Å². The quantitative estimate of drug-likeness (QED) is 0.218. The Morgan fingerprint density at radius 1 is 0.977 bits per heavy atom. The minimum atomic E-state index is -4.27. The first-order valence-electron chi connectivity index (χ1n) is 13.6. The topological polar surface area (TPSA) is 96.0 Å². The second-order valence-corrected chi connectivity index (χ2v) is 14.3. The molecule has 2 amide bonds. The Hall–Kier alpha value is -2.92. The highest BCUT2D eigenvalue weighted by atomic mass is 35.5. The number of carbonyl (C=O) groups excluding carboxylic acids is 2. The maximum Gasteiger partial charge on any atom is 0.264 e. The molecule has 0 spiro atoms. The maximum absolute atomic E-state index is 14.2. The number of nitrogens with zero attached hydrogens (tertiary/aromatic N) is 2. The van der Waals surface area contributed by atoms with Gasteiger partial charge in [-0.15, -0.1) is 11.8 Å². The molecule has 0 aliphatic heterocycles. The second-order valence-electron chi connectivity index (χ2n) is 10.7. The molecule has 0 saturated carbocycles. The Morgan fingerprint density at radius 3 is 2.14 bits per heavy atom. The molecule has 3 aromatic carbocycles. The van der Waals surface area contributed by atoms with Crippen molar-refractivity contribution in [2.45, 2.75) is 62.5 Å². The molecule has 12 heteroatoms. The van der Waals surface area contributed by atoms with Gasteiger partial charge in [0.1, 0.15) is 18.3 Å². The first kappa shape index (κ1) is 34.6. The number of carbonyl (C=O) groups is 2. The number of benzene rings is 3. The van der Waals surface area contributed by atoms with Crippen LogP contribution in [0.1, 0.15) is 40.2 Å². The Balaban J connectivity index is 2.13. The van der Waals surface area contributed by atoms with Crippen molar-refractivity contribution in [2.75, 3.05) is 23.7 Å². The van der Waals surface area contributed by atoms with Crippen molar-refractivity contribution in [3.8, 4) is 5.75 Å². The number of nitrogens with one attached hydrogen (secondary N) is 1. The van der Waals surface area contributed by atoms with Crippen LogP contribution in [0, 0.1) is 0 Å². The third kappa shape index (κ3) is 8.81. The Morgan fingerprint density at radius 2 is 1.58 bits per heavy atom. The van der Waals surface area contributed by atoms with Gasteiger partial charge >= 0.3 is 0 Å². The van der Waals surface area contributed by atoms with Crippen LogP contribution in [-0.4, -0.2) is 56.1 Å². The average molecular weight is 667 g/mol. The van der Waals surface area contributed by atoms with Crippen molar-refractivity contribution in [3.63, 3.8) is 0 Å². The van der Waals surface area contributed by atoms with E-state index in [1.807, 2.05) is 27.0 Å². The summed E-state index contributed by atoms with van der Waals surface area (Å²) in [5.74, 6) is -0.759. The molecule has 3 rings (SSSR count). The Kier molecular flexibility index (Phi) is 11.8. The summed E-state index contributed by atoms with van der Waals surface area (Å²) in [7, 11) is -4.27. The molecule has 0 heterocycles. The highest BCUT2D eigenvalue weighted by Crippen LogP contribution is 2.34. The van der Waals surface area contributed by atoms with Crippen molar-refractivity contribution in [1.82, 2.24) is 10.2 Å². The monoisotopic (exact) mass is 665 g/mol. The number of hydrogen-bond donors (Lipinski definition) is 1. The highest BCUT2D eigenvalue weighted by Gasteiger charge is 2.35. The minimum Gasteiger partial charge on any atom is -0.492 e. The van der Waals surface area contributed by atoms with Crippen LogP contribution in [0.4, 0.5) is 5.69 Å². The predicted molar refractivity (Wildman–Crippen MR) is 175 cm³/mol. The zero-order chi connectivity index (χ0) is 31.9. The number of hydrogen-bond acceptors (Lipinski definition) is 6. The van der Waals surface area contributed by atoms with Crippen molar-refractivity contribution in [1.29, 1.82) is 0 Å². The zero-order valence-corrected chi connectivity index (χ0v) is 28.2. The Labute approximate surface area is 268 Å². The molecule has 0 aliphatic rings. The van der Waals surface area contributed by atoms with E-state index in [2.05, 4.69) is 5.32 Å². The summed E-state index contributed by atoms with van der Waals surface area (Å²) in [4.78, 5) is 29.7. The molecule has 0 aromatic heterocycles.